The fourth-order valence-corrected chi connectivity index (χ4v) is 7.23. The van der Waals surface area contributed by atoms with E-state index in [1.807, 2.05) is 0 Å². The minimum absolute atomic E-state index is 0.148. The number of cyclic esters (lactones) is 1. The van der Waals surface area contributed by atoms with Crippen molar-refractivity contribution in [2.45, 2.75) is 26.7 Å². The average molecular weight is 246 g/mol. The number of hydrogen-bond donors (Lipinski definition) is 0. The zero-order valence-corrected chi connectivity index (χ0v) is 11.2. The van der Waals surface area contributed by atoms with Gasteiger partial charge in [-0.2, -0.15) is 0 Å². The molecule has 0 N–H and O–H groups in total. The van der Waals surface area contributed by atoms with Gasteiger partial charge in [0, 0.05) is 5.92 Å². The van der Waals surface area contributed by atoms with E-state index >= 15 is 0 Å². The number of esters is 1. The maximum absolute atomic E-state index is 12.0. The summed E-state index contributed by atoms with van der Waals surface area (Å²) in [6.07, 6.45) is 2.82. The SMILES string of the molecule is CC1C2C[C@H](C1C)C1C3CC(C4C(=O)OCC34)C21. The van der Waals surface area contributed by atoms with Gasteiger partial charge in [0.1, 0.15) is 0 Å². The van der Waals surface area contributed by atoms with Gasteiger partial charge in [0.15, 0.2) is 0 Å². The molecule has 18 heavy (non-hydrogen) atoms. The van der Waals surface area contributed by atoms with E-state index in [1.54, 1.807) is 0 Å². The van der Waals surface area contributed by atoms with Crippen molar-refractivity contribution in [2.75, 3.05) is 6.61 Å². The largest absolute Gasteiger partial charge is 0.465 e. The maximum atomic E-state index is 12.0. The molecule has 1 aliphatic heterocycles. The van der Waals surface area contributed by atoms with Crippen molar-refractivity contribution >= 4 is 5.97 Å². The number of ether oxygens (including phenoxy) is 1. The van der Waals surface area contributed by atoms with E-state index in [1.165, 1.54) is 12.8 Å². The van der Waals surface area contributed by atoms with E-state index in [9.17, 15) is 4.79 Å². The van der Waals surface area contributed by atoms with E-state index in [2.05, 4.69) is 13.8 Å². The maximum Gasteiger partial charge on any atom is 0.309 e. The fourth-order valence-electron chi connectivity index (χ4n) is 7.23. The molecule has 5 aliphatic rings. The van der Waals surface area contributed by atoms with Gasteiger partial charge in [0.05, 0.1) is 12.5 Å². The lowest BCUT2D eigenvalue weighted by Crippen LogP contribution is -2.42. The highest BCUT2D eigenvalue weighted by molar-refractivity contribution is 5.76. The van der Waals surface area contributed by atoms with Crippen molar-refractivity contribution in [3.63, 3.8) is 0 Å². The van der Waals surface area contributed by atoms with Gasteiger partial charge in [-0.05, 0) is 60.2 Å². The molecule has 1 heterocycles. The first-order valence-electron chi connectivity index (χ1n) is 7.85. The van der Waals surface area contributed by atoms with Crippen molar-refractivity contribution in [1.82, 2.24) is 0 Å². The van der Waals surface area contributed by atoms with Gasteiger partial charge in [-0.25, -0.2) is 0 Å². The van der Waals surface area contributed by atoms with Crippen molar-refractivity contribution in [3.8, 4) is 0 Å². The summed E-state index contributed by atoms with van der Waals surface area (Å²) in [7, 11) is 0. The van der Waals surface area contributed by atoms with Crippen LogP contribution >= 0.6 is 0 Å². The second kappa shape index (κ2) is 2.96. The summed E-state index contributed by atoms with van der Waals surface area (Å²) in [6, 6.07) is 0. The monoisotopic (exact) mass is 246 g/mol. The van der Waals surface area contributed by atoms with Gasteiger partial charge in [0.25, 0.3) is 0 Å². The molecule has 5 fully saturated rings. The van der Waals surface area contributed by atoms with Crippen LogP contribution in [0.25, 0.3) is 0 Å². The lowest BCUT2D eigenvalue weighted by atomic mass is 9.60. The van der Waals surface area contributed by atoms with Crippen LogP contribution in [0.5, 0.6) is 0 Å². The van der Waals surface area contributed by atoms with Crippen LogP contribution in [0.2, 0.25) is 0 Å². The van der Waals surface area contributed by atoms with Gasteiger partial charge >= 0.3 is 5.97 Å². The molecular formula is C16H22O2. The van der Waals surface area contributed by atoms with Crippen LogP contribution < -0.4 is 0 Å². The molecule has 10 atom stereocenters. The molecule has 4 bridgehead atoms. The van der Waals surface area contributed by atoms with Crippen molar-refractivity contribution in [3.05, 3.63) is 0 Å². The minimum atomic E-state index is 0.148. The highest BCUT2D eigenvalue weighted by Gasteiger charge is 2.70. The van der Waals surface area contributed by atoms with E-state index in [4.69, 9.17) is 4.74 Å². The molecule has 0 aromatic heterocycles. The molecule has 2 heteroatoms. The summed E-state index contributed by atoms with van der Waals surface area (Å²) < 4.78 is 5.37. The number of carbonyl (C=O) groups excluding carboxylic acids is 1. The Kier molecular flexibility index (Phi) is 1.69. The van der Waals surface area contributed by atoms with Crippen molar-refractivity contribution in [2.24, 2.45) is 59.2 Å². The predicted octanol–water partition coefficient (Wildman–Crippen LogP) is 2.58. The zero-order chi connectivity index (χ0) is 12.2. The number of hydrogen-bond acceptors (Lipinski definition) is 2. The third kappa shape index (κ3) is 0.886. The molecule has 98 valence electrons. The van der Waals surface area contributed by atoms with Gasteiger partial charge < -0.3 is 4.74 Å². The van der Waals surface area contributed by atoms with Crippen LogP contribution in [-0.4, -0.2) is 12.6 Å². The first-order chi connectivity index (χ1) is 8.68. The molecule has 0 radical (unpaired) electrons. The summed E-state index contributed by atoms with van der Waals surface area (Å²) >= 11 is 0. The second-order valence-electron chi connectivity index (χ2n) is 7.82. The van der Waals surface area contributed by atoms with Crippen LogP contribution in [0.3, 0.4) is 0 Å². The first-order valence-corrected chi connectivity index (χ1v) is 7.85. The van der Waals surface area contributed by atoms with Gasteiger partial charge in [-0.3, -0.25) is 4.79 Å². The van der Waals surface area contributed by atoms with Gasteiger partial charge in [0.2, 0.25) is 0 Å². The summed E-state index contributed by atoms with van der Waals surface area (Å²) in [5, 5.41) is 0. The summed E-state index contributed by atoms with van der Waals surface area (Å²) in [5.41, 5.74) is 0. The van der Waals surface area contributed by atoms with E-state index in [-0.39, 0.29) is 5.97 Å². The average Bonchev–Trinajstić information content (AvgIpc) is 3.06. The number of carbonyl (C=O) groups is 1. The third-order valence-corrected chi connectivity index (χ3v) is 7.85. The molecule has 4 saturated carbocycles. The highest BCUT2D eigenvalue weighted by atomic mass is 16.5. The summed E-state index contributed by atoms with van der Waals surface area (Å²) in [6.45, 7) is 5.68. The third-order valence-electron chi connectivity index (χ3n) is 7.85. The van der Waals surface area contributed by atoms with Gasteiger partial charge in [-0.15, -0.1) is 0 Å². The normalized spacial score (nSPS) is 67.3. The number of fused-ring (bicyclic) bond motifs is 12. The molecule has 4 aliphatic carbocycles. The molecule has 0 amide bonds. The smallest absolute Gasteiger partial charge is 0.309 e. The Morgan fingerprint density at radius 2 is 1.50 bits per heavy atom. The second-order valence-corrected chi connectivity index (χ2v) is 7.82. The van der Waals surface area contributed by atoms with E-state index < -0.39 is 0 Å². The first kappa shape index (κ1) is 10.3. The standard InChI is InChI=1S/C16H22O2/c1-6-7(2)9-3-8(6)13-10-4-11(14(9)13)15-12(10)5-18-16(15)17/h6-15H,3-5H2,1-2H3/t6?,7?,8-,9?,10?,11?,12?,13?,14?,15?/m1/s1. The Hall–Kier alpha value is -0.530. The van der Waals surface area contributed by atoms with Gasteiger partial charge in [-0.1, -0.05) is 13.8 Å². The fraction of sp³-hybridized carbons (Fsp3) is 0.938. The van der Waals surface area contributed by atoms with Crippen LogP contribution in [0.4, 0.5) is 0 Å². The summed E-state index contributed by atoms with van der Waals surface area (Å²) in [5.74, 6) is 8.16. The van der Waals surface area contributed by atoms with Crippen LogP contribution in [0, 0.1) is 59.2 Å². The molecule has 0 aromatic rings. The van der Waals surface area contributed by atoms with E-state index in [0.717, 1.165) is 48.0 Å². The molecule has 0 spiro atoms. The lowest BCUT2D eigenvalue weighted by molar-refractivity contribution is -0.143. The summed E-state index contributed by atoms with van der Waals surface area (Å²) in [4.78, 5) is 12.0. The quantitative estimate of drug-likeness (QED) is 0.485. The molecule has 0 aromatic carbocycles. The Morgan fingerprint density at radius 3 is 2.22 bits per heavy atom. The Labute approximate surface area is 108 Å². The van der Waals surface area contributed by atoms with Crippen LogP contribution in [-0.2, 0) is 9.53 Å². The van der Waals surface area contributed by atoms with Crippen LogP contribution in [0.1, 0.15) is 26.7 Å². The minimum Gasteiger partial charge on any atom is -0.465 e. The molecule has 9 unspecified atom stereocenters. The van der Waals surface area contributed by atoms with Crippen molar-refractivity contribution in [1.29, 1.82) is 0 Å². The zero-order valence-electron chi connectivity index (χ0n) is 11.2. The molecular weight excluding hydrogens is 224 g/mol. The molecule has 5 rings (SSSR count). The van der Waals surface area contributed by atoms with Crippen molar-refractivity contribution < 1.29 is 9.53 Å². The topological polar surface area (TPSA) is 26.3 Å². The van der Waals surface area contributed by atoms with Crippen LogP contribution in [0.15, 0.2) is 0 Å². The Balaban J connectivity index is 1.57. The Morgan fingerprint density at radius 1 is 0.889 bits per heavy atom. The number of rotatable bonds is 0. The highest BCUT2D eigenvalue weighted by Crippen LogP contribution is 2.73. The predicted molar refractivity (Wildman–Crippen MR) is 66.4 cm³/mol. The molecule has 2 nitrogen and oxygen atoms in total. The lowest BCUT2D eigenvalue weighted by Gasteiger charge is -2.43. The molecule has 1 saturated heterocycles. The van der Waals surface area contributed by atoms with E-state index in [0.29, 0.717) is 17.8 Å². The Bertz CT molecular complexity index is 431.